The van der Waals surface area contributed by atoms with Crippen LogP contribution in [0.15, 0.2) is 53.7 Å². The molecule has 1 aliphatic heterocycles. The maximum absolute atomic E-state index is 12.8. The summed E-state index contributed by atoms with van der Waals surface area (Å²) in [6.45, 7) is 3.39. The molecule has 0 N–H and O–H groups in total. The Morgan fingerprint density at radius 1 is 1.00 bits per heavy atom. The summed E-state index contributed by atoms with van der Waals surface area (Å²) in [5.41, 5.74) is 1.52. The number of amides is 1. The molecule has 4 aromatic rings. The summed E-state index contributed by atoms with van der Waals surface area (Å²) >= 11 is 0. The number of anilines is 1. The SMILES string of the molecule is Cn1ncc2c3ccccc3n(CCCC(=O)N3CCN(c4ncccn4)CC3)c2c1=O. The second kappa shape index (κ2) is 8.41. The summed E-state index contributed by atoms with van der Waals surface area (Å²) in [6, 6.07) is 9.76. The molecule has 0 saturated carbocycles. The number of nitrogens with zero attached hydrogens (tertiary/aromatic N) is 7. The third kappa shape index (κ3) is 3.59. The lowest BCUT2D eigenvalue weighted by Crippen LogP contribution is -2.49. The molecule has 4 heterocycles. The van der Waals surface area contributed by atoms with Gasteiger partial charge in [0.25, 0.3) is 5.56 Å². The van der Waals surface area contributed by atoms with Gasteiger partial charge in [0.2, 0.25) is 11.9 Å². The second-order valence-electron chi connectivity index (χ2n) is 8.02. The van der Waals surface area contributed by atoms with E-state index in [4.69, 9.17) is 0 Å². The molecule has 0 bridgehead atoms. The number of fused-ring (bicyclic) bond motifs is 3. The van der Waals surface area contributed by atoms with E-state index in [1.807, 2.05) is 33.7 Å². The lowest BCUT2D eigenvalue weighted by Gasteiger charge is -2.34. The molecule has 1 aromatic carbocycles. The molecule has 0 atom stereocenters. The molecule has 1 fully saturated rings. The molecule has 1 saturated heterocycles. The minimum absolute atomic E-state index is 0.121. The van der Waals surface area contributed by atoms with Gasteiger partial charge in [0.1, 0.15) is 5.52 Å². The molecule has 0 unspecified atom stereocenters. The van der Waals surface area contributed by atoms with E-state index >= 15 is 0 Å². The summed E-state index contributed by atoms with van der Waals surface area (Å²) in [4.78, 5) is 38.2. The molecule has 0 spiro atoms. The highest BCUT2D eigenvalue weighted by atomic mass is 16.2. The zero-order valence-corrected chi connectivity index (χ0v) is 18.0. The van der Waals surface area contributed by atoms with Crippen molar-refractivity contribution in [2.75, 3.05) is 31.1 Å². The first-order valence-electron chi connectivity index (χ1n) is 10.9. The Bertz CT molecular complexity index is 1320. The fraction of sp³-hybridized carbons (Fsp3) is 0.348. The number of carbonyl (C=O) groups is 1. The van der Waals surface area contributed by atoms with E-state index in [1.165, 1.54) is 4.68 Å². The van der Waals surface area contributed by atoms with E-state index in [-0.39, 0.29) is 11.5 Å². The van der Waals surface area contributed by atoms with E-state index in [1.54, 1.807) is 31.7 Å². The molecular weight excluding hydrogens is 406 g/mol. The Morgan fingerprint density at radius 2 is 1.75 bits per heavy atom. The second-order valence-corrected chi connectivity index (χ2v) is 8.02. The standard InChI is InChI=1S/C23H25N7O2/c1-27-22(32)21-18(16-26-27)17-6-2-3-7-19(17)30(21)11-4-8-20(31)28-12-14-29(15-13-28)23-24-9-5-10-25-23/h2-3,5-7,9-10,16H,4,8,11-15H2,1H3. The van der Waals surface area contributed by atoms with Gasteiger partial charge in [0.05, 0.1) is 6.20 Å². The topological polar surface area (TPSA) is 89.2 Å². The molecule has 1 amide bonds. The molecule has 164 valence electrons. The molecule has 0 radical (unpaired) electrons. The Labute approximate surface area is 184 Å². The zero-order chi connectivity index (χ0) is 22.1. The van der Waals surface area contributed by atoms with Crippen LogP contribution in [0.25, 0.3) is 21.8 Å². The van der Waals surface area contributed by atoms with Crippen LogP contribution in [-0.4, -0.2) is 61.3 Å². The van der Waals surface area contributed by atoms with Crippen molar-refractivity contribution in [3.8, 4) is 0 Å². The Morgan fingerprint density at radius 3 is 2.53 bits per heavy atom. The van der Waals surface area contributed by atoms with Crippen LogP contribution in [0.1, 0.15) is 12.8 Å². The molecule has 0 aliphatic carbocycles. The highest BCUT2D eigenvalue weighted by molar-refractivity contribution is 6.07. The van der Waals surface area contributed by atoms with E-state index in [0.29, 0.717) is 43.9 Å². The van der Waals surface area contributed by atoms with Crippen molar-refractivity contribution in [2.24, 2.45) is 7.05 Å². The molecule has 9 nitrogen and oxygen atoms in total. The van der Waals surface area contributed by atoms with Gasteiger partial charge in [-0.15, -0.1) is 0 Å². The van der Waals surface area contributed by atoms with Crippen molar-refractivity contribution < 1.29 is 4.79 Å². The van der Waals surface area contributed by atoms with Crippen molar-refractivity contribution in [3.05, 3.63) is 59.3 Å². The van der Waals surface area contributed by atoms with Gasteiger partial charge in [-0.3, -0.25) is 9.59 Å². The minimum atomic E-state index is -0.121. The Balaban J connectivity index is 1.26. The van der Waals surface area contributed by atoms with Gasteiger partial charge in [0.15, 0.2) is 0 Å². The van der Waals surface area contributed by atoms with Gasteiger partial charge in [-0.05, 0) is 18.6 Å². The molecule has 3 aromatic heterocycles. The normalized spacial score (nSPS) is 14.4. The molecule has 32 heavy (non-hydrogen) atoms. The fourth-order valence-electron chi connectivity index (χ4n) is 4.43. The maximum atomic E-state index is 12.8. The van der Waals surface area contributed by atoms with Gasteiger partial charge >= 0.3 is 0 Å². The summed E-state index contributed by atoms with van der Waals surface area (Å²) in [6.07, 6.45) is 6.33. The van der Waals surface area contributed by atoms with Crippen molar-refractivity contribution in [1.29, 1.82) is 0 Å². The first-order chi connectivity index (χ1) is 15.6. The van der Waals surface area contributed by atoms with Crippen molar-refractivity contribution in [2.45, 2.75) is 19.4 Å². The molecule has 5 rings (SSSR count). The largest absolute Gasteiger partial charge is 0.339 e. The number of benzene rings is 1. The van der Waals surface area contributed by atoms with Crippen molar-refractivity contribution in [3.63, 3.8) is 0 Å². The molecular formula is C23H25N7O2. The number of rotatable bonds is 5. The monoisotopic (exact) mass is 431 g/mol. The first kappa shape index (κ1) is 20.2. The first-order valence-corrected chi connectivity index (χ1v) is 10.9. The maximum Gasteiger partial charge on any atom is 0.291 e. The number of hydrogen-bond donors (Lipinski definition) is 0. The average Bonchev–Trinajstić information content (AvgIpc) is 3.16. The minimum Gasteiger partial charge on any atom is -0.339 e. The number of piperazine rings is 1. The summed E-state index contributed by atoms with van der Waals surface area (Å²) < 4.78 is 3.39. The van der Waals surface area contributed by atoms with Crippen LogP contribution in [0.2, 0.25) is 0 Å². The van der Waals surface area contributed by atoms with Crippen molar-refractivity contribution >= 4 is 33.7 Å². The van der Waals surface area contributed by atoms with Gasteiger partial charge in [-0.2, -0.15) is 5.10 Å². The third-order valence-corrected chi connectivity index (χ3v) is 6.11. The predicted molar refractivity (Wildman–Crippen MR) is 123 cm³/mol. The van der Waals surface area contributed by atoms with E-state index in [9.17, 15) is 9.59 Å². The summed E-state index contributed by atoms with van der Waals surface area (Å²) in [5.74, 6) is 0.857. The van der Waals surface area contributed by atoms with Gasteiger partial charge in [0, 0.05) is 74.9 Å². The Kier molecular flexibility index (Phi) is 5.30. The van der Waals surface area contributed by atoms with Crippen LogP contribution >= 0.6 is 0 Å². The highest BCUT2D eigenvalue weighted by Gasteiger charge is 2.22. The fourth-order valence-corrected chi connectivity index (χ4v) is 4.43. The van der Waals surface area contributed by atoms with Crippen LogP contribution < -0.4 is 10.5 Å². The molecule has 9 heteroatoms. The van der Waals surface area contributed by atoms with E-state index in [2.05, 4.69) is 20.0 Å². The van der Waals surface area contributed by atoms with Crippen LogP contribution in [0.3, 0.4) is 0 Å². The van der Waals surface area contributed by atoms with E-state index in [0.717, 1.165) is 29.4 Å². The number of aromatic nitrogens is 5. The highest BCUT2D eigenvalue weighted by Crippen LogP contribution is 2.26. The zero-order valence-electron chi connectivity index (χ0n) is 18.0. The lowest BCUT2D eigenvalue weighted by atomic mass is 10.2. The van der Waals surface area contributed by atoms with Crippen LogP contribution in [0.5, 0.6) is 0 Å². The van der Waals surface area contributed by atoms with Gasteiger partial charge < -0.3 is 14.4 Å². The smallest absolute Gasteiger partial charge is 0.291 e. The average molecular weight is 432 g/mol. The number of hydrogen-bond acceptors (Lipinski definition) is 6. The summed E-state index contributed by atoms with van der Waals surface area (Å²) in [5, 5.41) is 6.05. The number of carbonyl (C=O) groups excluding carboxylic acids is 1. The summed E-state index contributed by atoms with van der Waals surface area (Å²) in [7, 11) is 1.66. The van der Waals surface area contributed by atoms with Gasteiger partial charge in [-0.1, -0.05) is 18.2 Å². The Hall–Kier alpha value is -3.75. The van der Waals surface area contributed by atoms with E-state index < -0.39 is 0 Å². The van der Waals surface area contributed by atoms with Crippen LogP contribution in [0, 0.1) is 0 Å². The third-order valence-electron chi connectivity index (χ3n) is 6.11. The number of aryl methyl sites for hydroxylation is 2. The molecule has 1 aliphatic rings. The lowest BCUT2D eigenvalue weighted by molar-refractivity contribution is -0.131. The predicted octanol–water partition coefficient (Wildman–Crippen LogP) is 1.81. The van der Waals surface area contributed by atoms with Crippen LogP contribution in [-0.2, 0) is 18.4 Å². The van der Waals surface area contributed by atoms with Gasteiger partial charge in [-0.25, -0.2) is 14.6 Å². The van der Waals surface area contributed by atoms with Crippen LogP contribution in [0.4, 0.5) is 5.95 Å². The van der Waals surface area contributed by atoms with Crippen molar-refractivity contribution in [1.82, 2.24) is 29.2 Å². The number of para-hydroxylation sites is 1. The quantitative estimate of drug-likeness (QED) is 0.479.